The summed E-state index contributed by atoms with van der Waals surface area (Å²) in [6, 6.07) is 18.0. The van der Waals surface area contributed by atoms with E-state index in [9.17, 15) is 5.11 Å². The lowest BCUT2D eigenvalue weighted by atomic mass is 9.99. The van der Waals surface area contributed by atoms with Gasteiger partial charge in [0.05, 0.1) is 17.3 Å². The van der Waals surface area contributed by atoms with Crippen LogP contribution in [0.4, 0.5) is 0 Å². The quantitative estimate of drug-likeness (QED) is 0.224. The average Bonchev–Trinajstić information content (AvgIpc) is 2.83. The van der Waals surface area contributed by atoms with Crippen LogP contribution in [0, 0.1) is 0 Å². The van der Waals surface area contributed by atoms with Crippen molar-refractivity contribution in [2.24, 2.45) is 0 Å². The van der Waals surface area contributed by atoms with Gasteiger partial charge in [-0.05, 0) is 49.7 Å². The van der Waals surface area contributed by atoms with E-state index >= 15 is 0 Å². The third kappa shape index (κ3) is 8.53. The third-order valence-corrected chi connectivity index (χ3v) is 6.55. The topological polar surface area (TPSA) is 36.4 Å². The van der Waals surface area contributed by atoms with Crippen LogP contribution < -0.4 is 0 Å². The summed E-state index contributed by atoms with van der Waals surface area (Å²) in [5.41, 5.74) is 3.68. The zero-order chi connectivity index (χ0) is 23.5. The molecule has 2 aromatic carbocycles. The molecule has 0 amide bonds. The number of aliphatic hydroxyl groups excluding tert-OH is 1. The molecule has 5 heteroatoms. The van der Waals surface area contributed by atoms with E-state index in [1.54, 1.807) is 0 Å². The summed E-state index contributed by atoms with van der Waals surface area (Å²) in [4.78, 5) is 7.32. The SMILES string of the molecule is CCCCCCN(CCCCCC)CC(O)c1cc(-c2ccccc2)nc2cc(Cl)ccc12.Cl. The maximum atomic E-state index is 11.4. The van der Waals surface area contributed by atoms with Crippen LogP contribution in [0.25, 0.3) is 22.2 Å². The minimum absolute atomic E-state index is 0. The van der Waals surface area contributed by atoms with Gasteiger partial charge in [-0.25, -0.2) is 4.98 Å². The molecule has 3 rings (SSSR count). The van der Waals surface area contributed by atoms with E-state index in [2.05, 4.69) is 36.9 Å². The Morgan fingerprint density at radius 3 is 2.12 bits per heavy atom. The molecule has 186 valence electrons. The van der Waals surface area contributed by atoms with E-state index in [1.807, 2.05) is 36.4 Å². The van der Waals surface area contributed by atoms with Crippen molar-refractivity contribution in [1.29, 1.82) is 0 Å². The monoisotopic (exact) mass is 502 g/mol. The number of hydrogen-bond donors (Lipinski definition) is 1. The number of unbranched alkanes of at least 4 members (excludes halogenated alkanes) is 6. The molecule has 0 saturated heterocycles. The molecule has 0 spiro atoms. The Morgan fingerprint density at radius 2 is 1.50 bits per heavy atom. The molecule has 1 aromatic heterocycles. The minimum Gasteiger partial charge on any atom is -0.387 e. The van der Waals surface area contributed by atoms with E-state index in [0.29, 0.717) is 11.6 Å². The number of halogens is 2. The molecule has 1 unspecified atom stereocenters. The van der Waals surface area contributed by atoms with E-state index in [4.69, 9.17) is 16.6 Å². The Labute approximate surface area is 217 Å². The van der Waals surface area contributed by atoms with Crippen LogP contribution >= 0.6 is 24.0 Å². The normalized spacial score (nSPS) is 12.1. The van der Waals surface area contributed by atoms with Crippen LogP contribution in [0.15, 0.2) is 54.6 Å². The number of aromatic nitrogens is 1. The number of aliphatic hydroxyl groups is 1. The fourth-order valence-electron chi connectivity index (χ4n) is 4.42. The smallest absolute Gasteiger partial charge is 0.0924 e. The largest absolute Gasteiger partial charge is 0.387 e. The van der Waals surface area contributed by atoms with Crippen molar-refractivity contribution in [2.45, 2.75) is 71.3 Å². The molecular formula is C29H40Cl2N2O. The van der Waals surface area contributed by atoms with Gasteiger partial charge in [-0.3, -0.25) is 0 Å². The zero-order valence-corrected chi connectivity index (χ0v) is 22.3. The minimum atomic E-state index is -0.573. The Bertz CT molecular complexity index is 969. The first-order valence-electron chi connectivity index (χ1n) is 12.7. The van der Waals surface area contributed by atoms with E-state index in [0.717, 1.165) is 40.8 Å². The van der Waals surface area contributed by atoms with Crippen molar-refractivity contribution >= 4 is 34.9 Å². The summed E-state index contributed by atoms with van der Waals surface area (Å²) in [6.07, 6.45) is 9.37. The zero-order valence-electron chi connectivity index (χ0n) is 20.7. The molecule has 0 aliphatic heterocycles. The van der Waals surface area contributed by atoms with Gasteiger partial charge in [0.1, 0.15) is 0 Å². The first-order chi connectivity index (χ1) is 16.1. The van der Waals surface area contributed by atoms with Gasteiger partial charge in [0.2, 0.25) is 0 Å². The summed E-state index contributed by atoms with van der Waals surface area (Å²) >= 11 is 6.29. The van der Waals surface area contributed by atoms with Crippen molar-refractivity contribution in [3.63, 3.8) is 0 Å². The first kappa shape index (κ1) is 28.6. The van der Waals surface area contributed by atoms with Crippen molar-refractivity contribution in [2.75, 3.05) is 19.6 Å². The highest BCUT2D eigenvalue weighted by molar-refractivity contribution is 6.31. The van der Waals surface area contributed by atoms with Crippen molar-refractivity contribution in [1.82, 2.24) is 9.88 Å². The lowest BCUT2D eigenvalue weighted by Gasteiger charge is -2.26. The lowest BCUT2D eigenvalue weighted by molar-refractivity contribution is 0.111. The van der Waals surface area contributed by atoms with Crippen LogP contribution in [-0.4, -0.2) is 34.6 Å². The van der Waals surface area contributed by atoms with Gasteiger partial charge in [-0.1, -0.05) is 100 Å². The number of benzene rings is 2. The highest BCUT2D eigenvalue weighted by atomic mass is 35.5. The molecule has 3 nitrogen and oxygen atoms in total. The molecule has 0 aliphatic rings. The van der Waals surface area contributed by atoms with Gasteiger partial charge in [-0.2, -0.15) is 0 Å². The van der Waals surface area contributed by atoms with Crippen LogP contribution in [0.1, 0.15) is 76.9 Å². The second kappa shape index (κ2) is 15.4. The van der Waals surface area contributed by atoms with Gasteiger partial charge < -0.3 is 10.0 Å². The van der Waals surface area contributed by atoms with Crippen molar-refractivity contribution < 1.29 is 5.11 Å². The van der Waals surface area contributed by atoms with Gasteiger partial charge in [-0.15, -0.1) is 12.4 Å². The molecule has 1 heterocycles. The predicted molar refractivity (Wildman–Crippen MR) is 149 cm³/mol. The van der Waals surface area contributed by atoms with E-state index in [1.165, 1.54) is 51.4 Å². The molecule has 0 aliphatic carbocycles. The van der Waals surface area contributed by atoms with Gasteiger partial charge in [0, 0.05) is 22.5 Å². The van der Waals surface area contributed by atoms with Crippen molar-refractivity contribution in [3.05, 3.63) is 65.2 Å². The molecule has 34 heavy (non-hydrogen) atoms. The number of nitrogens with zero attached hydrogens (tertiary/aromatic N) is 2. The van der Waals surface area contributed by atoms with Crippen LogP contribution in [-0.2, 0) is 0 Å². The summed E-state index contributed by atoms with van der Waals surface area (Å²) in [5.74, 6) is 0. The molecule has 1 atom stereocenters. The van der Waals surface area contributed by atoms with Crippen LogP contribution in [0.2, 0.25) is 5.02 Å². The molecule has 0 bridgehead atoms. The maximum Gasteiger partial charge on any atom is 0.0924 e. The maximum absolute atomic E-state index is 11.4. The van der Waals surface area contributed by atoms with Crippen molar-refractivity contribution in [3.8, 4) is 11.3 Å². The number of pyridine rings is 1. The van der Waals surface area contributed by atoms with Gasteiger partial charge >= 0.3 is 0 Å². The lowest BCUT2D eigenvalue weighted by Crippen LogP contribution is -2.31. The summed E-state index contributed by atoms with van der Waals surface area (Å²) < 4.78 is 0. The second-order valence-electron chi connectivity index (χ2n) is 9.06. The standard InChI is InChI=1S/C29H39ClN2O.ClH/c1-3-5-7-12-18-32(19-13-8-6-4-2)22-29(33)26-21-27(23-14-10-9-11-15-23)31-28-20-24(30)16-17-25(26)28;/h9-11,14-17,20-21,29,33H,3-8,12-13,18-19,22H2,1-2H3;1H. The summed E-state index contributed by atoms with van der Waals surface area (Å²) in [6.45, 7) is 7.23. The van der Waals surface area contributed by atoms with Gasteiger partial charge in [0.15, 0.2) is 0 Å². The molecular weight excluding hydrogens is 463 g/mol. The molecule has 1 N–H and O–H groups in total. The van der Waals surface area contributed by atoms with E-state index in [-0.39, 0.29) is 12.4 Å². The number of hydrogen-bond acceptors (Lipinski definition) is 3. The Hall–Kier alpha value is -1.65. The summed E-state index contributed by atoms with van der Waals surface area (Å²) in [5, 5.41) is 13.1. The fraction of sp³-hybridized carbons (Fsp3) is 0.483. The first-order valence-corrected chi connectivity index (χ1v) is 13.1. The highest BCUT2D eigenvalue weighted by Gasteiger charge is 2.18. The molecule has 0 radical (unpaired) electrons. The van der Waals surface area contributed by atoms with E-state index < -0.39 is 6.10 Å². The molecule has 0 fully saturated rings. The average molecular weight is 504 g/mol. The third-order valence-electron chi connectivity index (χ3n) is 6.32. The molecule has 3 aromatic rings. The second-order valence-corrected chi connectivity index (χ2v) is 9.50. The molecule has 0 saturated carbocycles. The van der Waals surface area contributed by atoms with Gasteiger partial charge in [0.25, 0.3) is 0 Å². The Balaban J connectivity index is 0.00000408. The Morgan fingerprint density at radius 1 is 0.853 bits per heavy atom. The number of rotatable bonds is 14. The summed E-state index contributed by atoms with van der Waals surface area (Å²) in [7, 11) is 0. The Kier molecular flexibility index (Phi) is 12.9. The predicted octanol–water partition coefficient (Wildman–Crippen LogP) is 8.47. The fourth-order valence-corrected chi connectivity index (χ4v) is 4.59. The highest BCUT2D eigenvalue weighted by Crippen LogP contribution is 2.31. The van der Waals surface area contributed by atoms with Crippen LogP contribution in [0.5, 0.6) is 0 Å². The van der Waals surface area contributed by atoms with Crippen LogP contribution in [0.3, 0.4) is 0 Å². The number of fused-ring (bicyclic) bond motifs is 1.